The molecule has 0 aliphatic rings. The molecular formula is C12H14BrF2NO. The van der Waals surface area contributed by atoms with E-state index in [1.165, 1.54) is 0 Å². The maximum atomic E-state index is 13.0. The monoisotopic (exact) mass is 305 g/mol. The van der Waals surface area contributed by atoms with Crippen LogP contribution in [-0.4, -0.2) is 29.2 Å². The normalized spacial score (nSPS) is 10.4. The summed E-state index contributed by atoms with van der Waals surface area (Å²) in [4.78, 5) is 13.5. The molecule has 0 radical (unpaired) electrons. The van der Waals surface area contributed by atoms with Gasteiger partial charge in [-0.15, -0.1) is 0 Å². The van der Waals surface area contributed by atoms with Gasteiger partial charge in [0.1, 0.15) is 11.6 Å². The minimum atomic E-state index is -0.732. The molecule has 5 heteroatoms. The van der Waals surface area contributed by atoms with E-state index in [0.717, 1.165) is 30.0 Å². The molecule has 1 amide bonds. The number of carbonyl (C=O) groups excluding carboxylic acids is 1. The first kappa shape index (κ1) is 14.1. The van der Waals surface area contributed by atoms with E-state index in [0.29, 0.717) is 13.1 Å². The third kappa shape index (κ3) is 4.07. The molecule has 1 aromatic rings. The predicted molar refractivity (Wildman–Crippen MR) is 66.3 cm³/mol. The third-order valence-corrected chi connectivity index (χ3v) is 2.90. The summed E-state index contributed by atoms with van der Waals surface area (Å²) in [5.41, 5.74) is 0.0546. The molecule has 0 aliphatic heterocycles. The first-order valence-corrected chi connectivity index (χ1v) is 6.52. The summed E-state index contributed by atoms with van der Waals surface area (Å²) < 4.78 is 26.0. The molecule has 1 aromatic carbocycles. The summed E-state index contributed by atoms with van der Waals surface area (Å²) in [5.74, 6) is -1.80. The van der Waals surface area contributed by atoms with E-state index >= 15 is 0 Å². The van der Waals surface area contributed by atoms with E-state index in [4.69, 9.17) is 0 Å². The van der Waals surface area contributed by atoms with Crippen molar-refractivity contribution in [2.45, 2.75) is 13.3 Å². The fraction of sp³-hybridized carbons (Fsp3) is 0.417. The number of nitrogens with zero attached hydrogens (tertiary/aromatic N) is 1. The highest BCUT2D eigenvalue weighted by atomic mass is 79.9. The lowest BCUT2D eigenvalue weighted by Gasteiger charge is -2.20. The van der Waals surface area contributed by atoms with Crippen LogP contribution in [0.5, 0.6) is 0 Å². The van der Waals surface area contributed by atoms with Crippen molar-refractivity contribution in [1.82, 2.24) is 4.90 Å². The van der Waals surface area contributed by atoms with E-state index in [-0.39, 0.29) is 11.5 Å². The van der Waals surface area contributed by atoms with Crippen LogP contribution in [0.3, 0.4) is 0 Å². The summed E-state index contributed by atoms with van der Waals surface area (Å²) in [5, 5.41) is 0.786. The fourth-order valence-electron chi connectivity index (χ4n) is 1.51. The SMILES string of the molecule is CCN(CCCBr)C(=O)c1cc(F)cc(F)c1. The van der Waals surface area contributed by atoms with E-state index < -0.39 is 11.6 Å². The molecule has 0 unspecified atom stereocenters. The molecule has 0 fully saturated rings. The second-order valence-electron chi connectivity index (χ2n) is 3.59. The van der Waals surface area contributed by atoms with E-state index in [9.17, 15) is 13.6 Å². The van der Waals surface area contributed by atoms with Crippen molar-refractivity contribution in [2.24, 2.45) is 0 Å². The van der Waals surface area contributed by atoms with E-state index in [1.807, 2.05) is 6.92 Å². The Morgan fingerprint density at radius 1 is 1.29 bits per heavy atom. The highest BCUT2D eigenvalue weighted by molar-refractivity contribution is 9.09. The molecule has 0 aliphatic carbocycles. The predicted octanol–water partition coefficient (Wildman–Crippen LogP) is 3.21. The summed E-state index contributed by atoms with van der Waals surface area (Å²) in [7, 11) is 0. The van der Waals surface area contributed by atoms with Crippen molar-refractivity contribution in [2.75, 3.05) is 18.4 Å². The Hall–Kier alpha value is -0.970. The molecule has 0 saturated heterocycles. The number of rotatable bonds is 5. The minimum absolute atomic E-state index is 0.0546. The first-order valence-electron chi connectivity index (χ1n) is 5.39. The van der Waals surface area contributed by atoms with Gasteiger partial charge in [-0.25, -0.2) is 8.78 Å². The zero-order valence-corrected chi connectivity index (χ0v) is 11.1. The lowest BCUT2D eigenvalue weighted by atomic mass is 10.2. The van der Waals surface area contributed by atoms with Gasteiger partial charge in [0, 0.05) is 30.0 Å². The molecule has 2 nitrogen and oxygen atoms in total. The smallest absolute Gasteiger partial charge is 0.254 e. The Labute approximate surface area is 108 Å². The molecular weight excluding hydrogens is 292 g/mol. The van der Waals surface area contributed by atoms with Gasteiger partial charge in [-0.1, -0.05) is 15.9 Å². The Bertz CT molecular complexity index is 378. The number of carbonyl (C=O) groups is 1. The lowest BCUT2D eigenvalue weighted by molar-refractivity contribution is 0.0764. The molecule has 0 atom stereocenters. The van der Waals surface area contributed by atoms with Gasteiger partial charge in [0.05, 0.1) is 0 Å². The topological polar surface area (TPSA) is 20.3 Å². The van der Waals surface area contributed by atoms with Crippen molar-refractivity contribution in [3.8, 4) is 0 Å². The minimum Gasteiger partial charge on any atom is -0.339 e. The zero-order valence-electron chi connectivity index (χ0n) is 9.55. The summed E-state index contributed by atoms with van der Waals surface area (Å²) in [6.07, 6.45) is 0.803. The van der Waals surface area contributed by atoms with Crippen LogP contribution in [-0.2, 0) is 0 Å². The Morgan fingerprint density at radius 2 is 1.88 bits per heavy atom. The maximum Gasteiger partial charge on any atom is 0.254 e. The van der Waals surface area contributed by atoms with Gasteiger partial charge < -0.3 is 4.90 Å². The molecule has 17 heavy (non-hydrogen) atoms. The summed E-state index contributed by atoms with van der Waals surface area (Å²) in [6, 6.07) is 2.87. The van der Waals surface area contributed by atoms with Gasteiger partial charge in [0.25, 0.3) is 5.91 Å². The lowest BCUT2D eigenvalue weighted by Crippen LogP contribution is -2.32. The van der Waals surface area contributed by atoms with Gasteiger partial charge in [-0.3, -0.25) is 4.79 Å². The van der Waals surface area contributed by atoms with Gasteiger partial charge in [-0.2, -0.15) is 0 Å². The molecule has 0 bridgehead atoms. The molecule has 0 N–H and O–H groups in total. The van der Waals surface area contributed by atoms with Crippen molar-refractivity contribution in [3.05, 3.63) is 35.4 Å². The Morgan fingerprint density at radius 3 is 2.35 bits per heavy atom. The van der Waals surface area contributed by atoms with Crippen LogP contribution >= 0.6 is 15.9 Å². The van der Waals surface area contributed by atoms with Crippen LogP contribution in [0.15, 0.2) is 18.2 Å². The van der Waals surface area contributed by atoms with Crippen LogP contribution in [0.4, 0.5) is 8.78 Å². The number of hydrogen-bond acceptors (Lipinski definition) is 1. The van der Waals surface area contributed by atoms with Crippen molar-refractivity contribution in [3.63, 3.8) is 0 Å². The van der Waals surface area contributed by atoms with Crippen LogP contribution < -0.4 is 0 Å². The zero-order chi connectivity index (χ0) is 12.8. The Kier molecular flexibility index (Phi) is 5.55. The number of benzene rings is 1. The summed E-state index contributed by atoms with van der Waals surface area (Å²) >= 11 is 3.28. The number of hydrogen-bond donors (Lipinski definition) is 0. The molecule has 0 saturated carbocycles. The van der Waals surface area contributed by atoms with Crippen LogP contribution in [0.2, 0.25) is 0 Å². The second kappa shape index (κ2) is 6.69. The van der Waals surface area contributed by atoms with Gasteiger partial charge >= 0.3 is 0 Å². The number of alkyl halides is 1. The fourth-order valence-corrected chi connectivity index (χ4v) is 1.76. The largest absolute Gasteiger partial charge is 0.339 e. The summed E-state index contributed by atoms with van der Waals surface area (Å²) in [6.45, 7) is 2.92. The van der Waals surface area contributed by atoms with Crippen molar-refractivity contribution < 1.29 is 13.6 Å². The van der Waals surface area contributed by atoms with E-state index in [2.05, 4.69) is 15.9 Å². The molecule has 94 valence electrons. The van der Waals surface area contributed by atoms with Crippen LogP contribution in [0.1, 0.15) is 23.7 Å². The molecule has 0 spiro atoms. The van der Waals surface area contributed by atoms with Crippen molar-refractivity contribution in [1.29, 1.82) is 0 Å². The maximum absolute atomic E-state index is 13.0. The number of amides is 1. The molecule has 0 heterocycles. The van der Waals surface area contributed by atoms with Gasteiger partial charge in [0.2, 0.25) is 0 Å². The van der Waals surface area contributed by atoms with E-state index in [1.54, 1.807) is 4.90 Å². The van der Waals surface area contributed by atoms with Crippen LogP contribution in [0, 0.1) is 11.6 Å². The van der Waals surface area contributed by atoms with Crippen LogP contribution in [0.25, 0.3) is 0 Å². The average Bonchev–Trinajstić information content (AvgIpc) is 2.28. The average molecular weight is 306 g/mol. The first-order chi connectivity index (χ1) is 8.08. The van der Waals surface area contributed by atoms with Gasteiger partial charge in [0.15, 0.2) is 0 Å². The Balaban J connectivity index is 2.85. The molecule has 0 aromatic heterocycles. The second-order valence-corrected chi connectivity index (χ2v) is 4.38. The van der Waals surface area contributed by atoms with Gasteiger partial charge in [-0.05, 0) is 25.5 Å². The standard InChI is InChI=1S/C12H14BrF2NO/c1-2-16(5-3-4-13)12(17)9-6-10(14)8-11(15)7-9/h6-8H,2-5H2,1H3. The highest BCUT2D eigenvalue weighted by Crippen LogP contribution is 2.11. The third-order valence-electron chi connectivity index (χ3n) is 2.34. The highest BCUT2D eigenvalue weighted by Gasteiger charge is 2.15. The number of halogens is 3. The van der Waals surface area contributed by atoms with Crippen molar-refractivity contribution >= 4 is 21.8 Å². The molecule has 1 rings (SSSR count). The quantitative estimate of drug-likeness (QED) is 0.765.